The fraction of sp³-hybridized carbons (Fsp3) is 0.0833. The van der Waals surface area contributed by atoms with Gasteiger partial charge in [-0.25, -0.2) is 0 Å². The molecule has 5 aromatic rings. The molecule has 0 radical (unpaired) electrons. The molecule has 7 rings (SSSR count). The number of aliphatic hydroxyl groups is 1. The number of amides is 2. The lowest BCUT2D eigenvalue weighted by Gasteiger charge is -2.15. The van der Waals surface area contributed by atoms with Crippen molar-refractivity contribution in [1.29, 1.82) is 0 Å². The van der Waals surface area contributed by atoms with Crippen LogP contribution in [0.1, 0.15) is 26.9 Å². The van der Waals surface area contributed by atoms with Crippen LogP contribution in [0.3, 0.4) is 0 Å². The van der Waals surface area contributed by atoms with E-state index in [4.69, 9.17) is 4.18 Å². The Balaban J connectivity index is 1.93. The smallest absolute Gasteiger partial charge is 0.259 e. The Hall–Kier alpha value is -3.59. The fourth-order valence-electron chi connectivity index (χ4n) is 5.48. The summed E-state index contributed by atoms with van der Waals surface area (Å²) in [5.74, 6) is -0.818. The molecule has 0 saturated heterocycles. The molecular formula is C24H15N3O4S. The standard InChI is InChI=1S/C24H15N3O4S/c28-10-11-9-16(31-32)27-15-8-4-2-6-13(15)18-20-19(23(29)25-24(20)30)17-12-5-1-3-7-14(12)26(11)21(17)22(18)27/h1-9,16,28,32H,10H2,(H,25,29,30). The van der Waals surface area contributed by atoms with Crippen molar-refractivity contribution in [2.45, 2.75) is 6.23 Å². The number of aliphatic hydroxyl groups excluding tert-OH is 1. The van der Waals surface area contributed by atoms with E-state index in [0.717, 1.165) is 32.8 Å². The van der Waals surface area contributed by atoms with E-state index in [1.807, 2.05) is 63.7 Å². The van der Waals surface area contributed by atoms with Gasteiger partial charge in [0.1, 0.15) is 0 Å². The van der Waals surface area contributed by atoms with E-state index >= 15 is 0 Å². The number of nitrogens with one attached hydrogen (secondary N) is 1. The molecule has 156 valence electrons. The van der Waals surface area contributed by atoms with E-state index in [0.29, 0.717) is 27.6 Å². The van der Waals surface area contributed by atoms with E-state index in [1.54, 1.807) is 0 Å². The molecule has 3 aromatic carbocycles. The average molecular weight is 441 g/mol. The number of fused-ring (bicyclic) bond motifs is 9. The number of carbonyl (C=O) groups is 2. The molecule has 2 aliphatic rings. The maximum atomic E-state index is 13.1. The van der Waals surface area contributed by atoms with Crippen molar-refractivity contribution in [3.63, 3.8) is 0 Å². The highest BCUT2D eigenvalue weighted by molar-refractivity contribution is 7.75. The van der Waals surface area contributed by atoms with Crippen LogP contribution in [0.25, 0.3) is 49.3 Å². The third-order valence-corrected chi connectivity index (χ3v) is 6.80. The molecule has 2 aliphatic heterocycles. The van der Waals surface area contributed by atoms with Gasteiger partial charge >= 0.3 is 0 Å². The largest absolute Gasteiger partial charge is 0.390 e. The van der Waals surface area contributed by atoms with Crippen LogP contribution in [0.5, 0.6) is 0 Å². The highest BCUT2D eigenvalue weighted by atomic mass is 32.1. The molecule has 32 heavy (non-hydrogen) atoms. The number of rotatable bonds is 2. The van der Waals surface area contributed by atoms with Crippen molar-refractivity contribution in [3.8, 4) is 0 Å². The summed E-state index contributed by atoms with van der Waals surface area (Å²) < 4.78 is 9.50. The second kappa shape index (κ2) is 6.01. The van der Waals surface area contributed by atoms with Crippen LogP contribution >= 0.6 is 12.9 Å². The SMILES string of the molecule is O=C1NC(=O)c2c1c1c3ccccc3n3c1c1c2c2ccccc2n1C(OS)C=C3CO. The van der Waals surface area contributed by atoms with Crippen LogP contribution in [0.15, 0.2) is 54.6 Å². The van der Waals surface area contributed by atoms with E-state index in [2.05, 4.69) is 18.2 Å². The lowest BCUT2D eigenvalue weighted by atomic mass is 9.96. The van der Waals surface area contributed by atoms with Crippen molar-refractivity contribution in [1.82, 2.24) is 14.5 Å². The van der Waals surface area contributed by atoms with Gasteiger partial charge in [-0.05, 0) is 31.1 Å². The van der Waals surface area contributed by atoms with Crippen LogP contribution in [-0.2, 0) is 4.18 Å². The first-order valence-electron chi connectivity index (χ1n) is 10.1. The van der Waals surface area contributed by atoms with Gasteiger partial charge in [0, 0.05) is 27.2 Å². The number of thiol groups is 1. The van der Waals surface area contributed by atoms with Gasteiger partial charge in [-0.1, -0.05) is 36.4 Å². The number of carbonyl (C=O) groups excluding carboxylic acids is 2. The summed E-state index contributed by atoms with van der Waals surface area (Å²) >= 11 is 4.13. The molecule has 4 heterocycles. The Bertz CT molecular complexity index is 1730. The molecule has 0 bridgehead atoms. The van der Waals surface area contributed by atoms with Gasteiger partial charge < -0.3 is 14.2 Å². The topological polar surface area (TPSA) is 85.5 Å². The number of aromatic nitrogens is 2. The number of benzene rings is 3. The maximum absolute atomic E-state index is 13.1. The van der Waals surface area contributed by atoms with Gasteiger partial charge in [0.25, 0.3) is 11.8 Å². The number of nitrogens with zero attached hydrogens (tertiary/aromatic N) is 2. The van der Waals surface area contributed by atoms with Crippen molar-refractivity contribution in [2.75, 3.05) is 6.61 Å². The minimum atomic E-state index is -0.636. The molecule has 0 spiro atoms. The molecule has 2 N–H and O–H groups in total. The summed E-state index contributed by atoms with van der Waals surface area (Å²) in [5, 5.41) is 15.9. The zero-order valence-corrected chi connectivity index (χ0v) is 17.4. The van der Waals surface area contributed by atoms with Gasteiger partial charge in [0.05, 0.1) is 39.8 Å². The first-order valence-corrected chi connectivity index (χ1v) is 10.5. The number of para-hydroxylation sites is 2. The summed E-state index contributed by atoms with van der Waals surface area (Å²) in [6, 6.07) is 15.4. The third-order valence-electron chi connectivity index (χ3n) is 6.59. The fourth-order valence-corrected chi connectivity index (χ4v) is 5.63. The Morgan fingerprint density at radius 1 is 0.906 bits per heavy atom. The van der Waals surface area contributed by atoms with Crippen molar-refractivity contribution >= 4 is 74.0 Å². The first kappa shape index (κ1) is 18.0. The normalized spacial score (nSPS) is 17.6. The predicted octanol–water partition coefficient (Wildman–Crippen LogP) is 3.99. The van der Waals surface area contributed by atoms with Crippen LogP contribution in [0.2, 0.25) is 0 Å². The van der Waals surface area contributed by atoms with Crippen LogP contribution in [0, 0.1) is 0 Å². The molecule has 0 aliphatic carbocycles. The Morgan fingerprint density at radius 2 is 1.50 bits per heavy atom. The summed E-state index contributed by atoms with van der Waals surface area (Å²) in [6.45, 7) is -0.242. The predicted molar refractivity (Wildman–Crippen MR) is 125 cm³/mol. The molecule has 2 aromatic heterocycles. The lowest BCUT2D eigenvalue weighted by molar-refractivity contribution is 0.0880. The molecular weight excluding hydrogens is 426 g/mol. The number of hydrogen-bond donors (Lipinski definition) is 3. The van der Waals surface area contributed by atoms with Crippen LogP contribution in [0.4, 0.5) is 0 Å². The van der Waals surface area contributed by atoms with Crippen molar-refractivity contribution in [3.05, 3.63) is 65.7 Å². The van der Waals surface area contributed by atoms with Crippen molar-refractivity contribution in [2.24, 2.45) is 0 Å². The first-order chi connectivity index (χ1) is 15.7. The van der Waals surface area contributed by atoms with E-state index in [9.17, 15) is 14.7 Å². The van der Waals surface area contributed by atoms with Crippen molar-refractivity contribution < 1.29 is 18.9 Å². The quantitative estimate of drug-likeness (QED) is 0.220. The summed E-state index contributed by atoms with van der Waals surface area (Å²) in [5.41, 5.74) is 4.55. The maximum Gasteiger partial charge on any atom is 0.259 e. The lowest BCUT2D eigenvalue weighted by Crippen LogP contribution is -2.20. The zero-order chi connectivity index (χ0) is 21.7. The monoisotopic (exact) mass is 441 g/mol. The summed E-state index contributed by atoms with van der Waals surface area (Å²) in [4.78, 5) is 26.1. The average Bonchev–Trinajstić information content (AvgIpc) is 3.39. The zero-order valence-electron chi connectivity index (χ0n) is 16.5. The Morgan fingerprint density at radius 3 is 2.16 bits per heavy atom. The van der Waals surface area contributed by atoms with Gasteiger partial charge in [-0.3, -0.25) is 19.1 Å². The summed E-state index contributed by atoms with van der Waals surface area (Å²) in [7, 11) is 0. The number of hydrogen-bond acceptors (Lipinski definition) is 5. The van der Waals surface area contributed by atoms with Gasteiger partial charge in [0.2, 0.25) is 0 Å². The minimum Gasteiger partial charge on any atom is -0.390 e. The van der Waals surface area contributed by atoms with E-state index < -0.39 is 18.0 Å². The Kier molecular flexibility index (Phi) is 3.38. The molecule has 1 unspecified atom stereocenters. The molecule has 0 fully saturated rings. The van der Waals surface area contributed by atoms with Gasteiger partial charge in [-0.15, -0.1) is 0 Å². The third kappa shape index (κ3) is 1.91. The summed E-state index contributed by atoms with van der Waals surface area (Å²) in [6.07, 6.45) is 1.18. The highest BCUT2D eigenvalue weighted by Crippen LogP contribution is 2.48. The van der Waals surface area contributed by atoms with Crippen LogP contribution < -0.4 is 5.32 Å². The van der Waals surface area contributed by atoms with Gasteiger partial charge in [0.15, 0.2) is 6.23 Å². The van der Waals surface area contributed by atoms with E-state index in [-0.39, 0.29) is 6.61 Å². The number of imide groups is 1. The molecule has 2 amide bonds. The highest BCUT2D eigenvalue weighted by Gasteiger charge is 2.38. The molecule has 8 heteroatoms. The molecule has 0 saturated carbocycles. The van der Waals surface area contributed by atoms with Crippen LogP contribution in [-0.4, -0.2) is 32.7 Å². The minimum absolute atomic E-state index is 0.242. The molecule has 1 atom stereocenters. The molecule has 7 nitrogen and oxygen atoms in total. The van der Waals surface area contributed by atoms with Gasteiger partial charge in [-0.2, -0.15) is 0 Å². The Labute approximate surface area is 186 Å². The second-order valence-corrected chi connectivity index (χ2v) is 8.24. The second-order valence-electron chi connectivity index (χ2n) is 8.03. The van der Waals surface area contributed by atoms with E-state index in [1.165, 1.54) is 0 Å².